The molecule has 2 aromatic rings. The molecule has 0 aliphatic carbocycles. The molecule has 0 bridgehead atoms. The SMILES string of the molecule is C#Cc1ccc2ccc(OC(CC)C(=O)NC(C)(C)C#CC)cc2c1. The number of terminal acetylenes is 1. The van der Waals surface area contributed by atoms with E-state index in [1.165, 1.54) is 0 Å². The van der Waals surface area contributed by atoms with Crippen molar-refractivity contribution >= 4 is 16.7 Å². The third-order valence-corrected chi connectivity index (χ3v) is 3.79. The van der Waals surface area contributed by atoms with Crippen LogP contribution in [0.1, 0.15) is 39.7 Å². The van der Waals surface area contributed by atoms with Crippen LogP contribution in [-0.2, 0) is 4.79 Å². The van der Waals surface area contributed by atoms with E-state index in [0.717, 1.165) is 16.3 Å². The number of carbonyl (C=O) groups excluding carboxylic acids is 1. The summed E-state index contributed by atoms with van der Waals surface area (Å²) < 4.78 is 5.92. The number of benzene rings is 2. The van der Waals surface area contributed by atoms with Crippen molar-refractivity contribution in [2.45, 2.75) is 45.8 Å². The molecule has 1 unspecified atom stereocenters. The lowest BCUT2D eigenvalue weighted by Crippen LogP contribution is -2.48. The number of hydrogen-bond donors (Lipinski definition) is 1. The van der Waals surface area contributed by atoms with Crippen molar-refractivity contribution < 1.29 is 9.53 Å². The van der Waals surface area contributed by atoms with Gasteiger partial charge in [-0.1, -0.05) is 30.9 Å². The largest absolute Gasteiger partial charge is 0.481 e. The molecule has 0 spiro atoms. The van der Waals surface area contributed by atoms with Gasteiger partial charge in [-0.15, -0.1) is 12.3 Å². The van der Waals surface area contributed by atoms with Crippen LogP contribution < -0.4 is 10.1 Å². The first kappa shape index (κ1) is 18.4. The van der Waals surface area contributed by atoms with Gasteiger partial charge >= 0.3 is 0 Å². The van der Waals surface area contributed by atoms with E-state index in [0.29, 0.717) is 12.2 Å². The van der Waals surface area contributed by atoms with Crippen molar-refractivity contribution in [2.24, 2.45) is 0 Å². The second-order valence-corrected chi connectivity index (χ2v) is 6.37. The molecule has 0 saturated heterocycles. The van der Waals surface area contributed by atoms with Crippen molar-refractivity contribution in [3.63, 3.8) is 0 Å². The number of rotatable bonds is 5. The Morgan fingerprint density at radius 1 is 1.24 bits per heavy atom. The number of hydrogen-bond acceptors (Lipinski definition) is 2. The molecule has 0 radical (unpaired) electrons. The zero-order chi connectivity index (χ0) is 18.4. The van der Waals surface area contributed by atoms with Gasteiger partial charge in [-0.05, 0) is 62.2 Å². The summed E-state index contributed by atoms with van der Waals surface area (Å²) in [5.74, 6) is 8.90. The molecule has 1 amide bonds. The predicted molar refractivity (Wildman–Crippen MR) is 102 cm³/mol. The van der Waals surface area contributed by atoms with Crippen LogP contribution in [-0.4, -0.2) is 17.6 Å². The zero-order valence-electron chi connectivity index (χ0n) is 15.1. The smallest absolute Gasteiger partial charge is 0.262 e. The fourth-order valence-corrected chi connectivity index (χ4v) is 2.61. The van der Waals surface area contributed by atoms with Crippen molar-refractivity contribution in [1.29, 1.82) is 0 Å². The standard InChI is InChI=1S/C22H23NO2/c1-6-13-22(4,5)23-21(24)20(8-3)25-19-12-11-17-10-9-16(7-2)14-18(17)15-19/h2,9-12,14-15,20H,8H2,1,3-5H3,(H,23,24). The van der Waals surface area contributed by atoms with Crippen molar-refractivity contribution in [3.8, 4) is 29.9 Å². The summed E-state index contributed by atoms with van der Waals surface area (Å²) >= 11 is 0. The van der Waals surface area contributed by atoms with Gasteiger partial charge in [0.1, 0.15) is 5.75 Å². The maximum Gasteiger partial charge on any atom is 0.262 e. The van der Waals surface area contributed by atoms with Gasteiger partial charge < -0.3 is 10.1 Å². The number of carbonyl (C=O) groups is 1. The minimum absolute atomic E-state index is 0.173. The van der Waals surface area contributed by atoms with Crippen LogP contribution in [0.25, 0.3) is 10.8 Å². The molecular formula is C22H23NO2. The molecule has 2 rings (SSSR count). The number of fused-ring (bicyclic) bond motifs is 1. The molecular weight excluding hydrogens is 310 g/mol. The van der Waals surface area contributed by atoms with Gasteiger partial charge in [-0.25, -0.2) is 0 Å². The summed E-state index contributed by atoms with van der Waals surface area (Å²) in [6.07, 6.45) is 5.44. The minimum Gasteiger partial charge on any atom is -0.481 e. The molecule has 3 nitrogen and oxygen atoms in total. The van der Waals surface area contributed by atoms with Crippen LogP contribution in [0, 0.1) is 24.2 Å². The quantitative estimate of drug-likeness (QED) is 0.843. The van der Waals surface area contributed by atoms with Crippen LogP contribution in [0.2, 0.25) is 0 Å². The van der Waals surface area contributed by atoms with Gasteiger partial charge in [0.15, 0.2) is 6.10 Å². The molecule has 3 heteroatoms. The Kier molecular flexibility index (Phi) is 5.73. The van der Waals surface area contributed by atoms with E-state index in [1.807, 2.05) is 57.2 Å². The first-order valence-electron chi connectivity index (χ1n) is 8.31. The molecule has 0 fully saturated rings. The van der Waals surface area contributed by atoms with Crippen molar-refractivity contribution in [2.75, 3.05) is 0 Å². The Hall–Kier alpha value is -2.91. The van der Waals surface area contributed by atoms with E-state index in [9.17, 15) is 4.79 Å². The predicted octanol–water partition coefficient (Wildman–Crippen LogP) is 3.90. The maximum atomic E-state index is 12.5. The van der Waals surface area contributed by atoms with Crippen LogP contribution in [0.3, 0.4) is 0 Å². The van der Waals surface area contributed by atoms with E-state index in [4.69, 9.17) is 11.2 Å². The molecule has 0 aliphatic rings. The third kappa shape index (κ3) is 4.78. The van der Waals surface area contributed by atoms with Gasteiger partial charge in [0, 0.05) is 5.56 Å². The van der Waals surface area contributed by atoms with Crippen molar-refractivity contribution in [3.05, 3.63) is 42.0 Å². The summed E-state index contributed by atoms with van der Waals surface area (Å²) in [7, 11) is 0. The van der Waals surface area contributed by atoms with E-state index in [2.05, 4.69) is 23.1 Å². The Balaban J connectivity index is 2.20. The minimum atomic E-state index is -0.590. The highest BCUT2D eigenvalue weighted by Gasteiger charge is 2.24. The van der Waals surface area contributed by atoms with Crippen LogP contribution in [0.4, 0.5) is 0 Å². The lowest BCUT2D eigenvalue weighted by molar-refractivity contribution is -0.129. The highest BCUT2D eigenvalue weighted by atomic mass is 16.5. The molecule has 1 atom stereocenters. The van der Waals surface area contributed by atoms with Crippen molar-refractivity contribution in [1.82, 2.24) is 5.32 Å². The van der Waals surface area contributed by atoms with E-state index >= 15 is 0 Å². The molecule has 0 saturated carbocycles. The lowest BCUT2D eigenvalue weighted by Gasteiger charge is -2.24. The first-order valence-corrected chi connectivity index (χ1v) is 8.31. The van der Waals surface area contributed by atoms with Gasteiger partial charge in [0.05, 0.1) is 5.54 Å². The van der Waals surface area contributed by atoms with E-state index in [1.54, 1.807) is 6.92 Å². The average Bonchev–Trinajstić information content (AvgIpc) is 2.58. The van der Waals surface area contributed by atoms with Crippen LogP contribution >= 0.6 is 0 Å². The monoisotopic (exact) mass is 333 g/mol. The fraction of sp³-hybridized carbons (Fsp3) is 0.318. The summed E-state index contributed by atoms with van der Waals surface area (Å²) in [6, 6.07) is 11.5. The Bertz CT molecular complexity index is 878. The lowest BCUT2D eigenvalue weighted by atomic mass is 10.1. The van der Waals surface area contributed by atoms with Crippen LogP contribution in [0.5, 0.6) is 5.75 Å². The number of nitrogens with one attached hydrogen (secondary N) is 1. The molecule has 25 heavy (non-hydrogen) atoms. The topological polar surface area (TPSA) is 38.3 Å². The highest BCUT2D eigenvalue weighted by Crippen LogP contribution is 2.23. The molecule has 0 aliphatic heterocycles. The number of amides is 1. The molecule has 128 valence electrons. The second-order valence-electron chi connectivity index (χ2n) is 6.37. The molecule has 2 aromatic carbocycles. The van der Waals surface area contributed by atoms with Crippen LogP contribution in [0.15, 0.2) is 36.4 Å². The normalized spacial score (nSPS) is 11.8. The Labute approximate surface area is 149 Å². The number of ether oxygens (including phenoxy) is 1. The summed E-state index contributed by atoms with van der Waals surface area (Å²) in [6.45, 7) is 7.40. The molecule has 0 heterocycles. The second kappa shape index (κ2) is 7.77. The fourth-order valence-electron chi connectivity index (χ4n) is 2.61. The average molecular weight is 333 g/mol. The summed E-state index contributed by atoms with van der Waals surface area (Å²) in [5, 5.41) is 4.98. The third-order valence-electron chi connectivity index (χ3n) is 3.79. The summed E-state index contributed by atoms with van der Waals surface area (Å²) in [5.41, 5.74) is 0.225. The van der Waals surface area contributed by atoms with E-state index in [-0.39, 0.29) is 5.91 Å². The Morgan fingerprint density at radius 2 is 1.96 bits per heavy atom. The molecule has 0 aromatic heterocycles. The van der Waals surface area contributed by atoms with Gasteiger partial charge in [0.2, 0.25) is 0 Å². The zero-order valence-corrected chi connectivity index (χ0v) is 15.1. The van der Waals surface area contributed by atoms with Gasteiger partial charge in [-0.3, -0.25) is 4.79 Å². The Morgan fingerprint density at radius 3 is 2.60 bits per heavy atom. The first-order chi connectivity index (χ1) is 11.9. The van der Waals surface area contributed by atoms with Gasteiger partial charge in [-0.2, -0.15) is 0 Å². The van der Waals surface area contributed by atoms with E-state index < -0.39 is 11.6 Å². The summed E-state index contributed by atoms with van der Waals surface area (Å²) in [4.78, 5) is 12.5. The molecule has 1 N–H and O–H groups in total. The maximum absolute atomic E-state index is 12.5. The van der Waals surface area contributed by atoms with Gasteiger partial charge in [0.25, 0.3) is 5.91 Å². The highest BCUT2D eigenvalue weighted by molar-refractivity contribution is 5.86.